The monoisotopic (exact) mass is 160 g/mol. The molecule has 0 aliphatic rings. The summed E-state index contributed by atoms with van der Waals surface area (Å²) in [5.74, 6) is 2.63. The Kier molecular flexibility index (Phi) is 3.31. The number of nitrogens with one attached hydrogen (secondary N) is 1. The number of hydrogen-bond donors (Lipinski definition) is 1. The van der Waals surface area contributed by atoms with Crippen molar-refractivity contribution in [2.45, 2.75) is 12.5 Å². The molecule has 62 valence electrons. The van der Waals surface area contributed by atoms with Gasteiger partial charge in [-0.2, -0.15) is 0 Å². The average Bonchev–Trinajstić information content (AvgIpc) is 2.15. The predicted molar refractivity (Wildman–Crippen MR) is 49.5 cm³/mol. The third-order valence-electron chi connectivity index (χ3n) is 1.76. The van der Waals surface area contributed by atoms with E-state index in [0.717, 1.165) is 5.56 Å². The van der Waals surface area contributed by atoms with E-state index in [1.807, 2.05) is 25.4 Å². The summed E-state index contributed by atoms with van der Waals surface area (Å²) in [7, 11) is 1.90. The van der Waals surface area contributed by atoms with Gasteiger partial charge in [0, 0.05) is 24.9 Å². The zero-order valence-electron chi connectivity index (χ0n) is 7.12. The Morgan fingerprint density at radius 3 is 3.08 bits per heavy atom. The SMILES string of the molecule is C#CCC(NC)c1cccnc1. The second kappa shape index (κ2) is 4.53. The van der Waals surface area contributed by atoms with Gasteiger partial charge in [-0.1, -0.05) is 6.07 Å². The highest BCUT2D eigenvalue weighted by atomic mass is 14.9. The molecule has 0 radical (unpaired) electrons. The van der Waals surface area contributed by atoms with Crippen LogP contribution in [0.3, 0.4) is 0 Å². The zero-order chi connectivity index (χ0) is 8.81. The van der Waals surface area contributed by atoms with Crippen LogP contribution in [0.2, 0.25) is 0 Å². The number of hydrogen-bond acceptors (Lipinski definition) is 2. The third kappa shape index (κ3) is 2.08. The first-order valence-corrected chi connectivity index (χ1v) is 3.89. The molecule has 0 spiro atoms. The van der Waals surface area contributed by atoms with Crippen LogP contribution in [0.5, 0.6) is 0 Å². The van der Waals surface area contributed by atoms with E-state index in [4.69, 9.17) is 6.42 Å². The molecule has 12 heavy (non-hydrogen) atoms. The van der Waals surface area contributed by atoms with Gasteiger partial charge in [-0.3, -0.25) is 4.98 Å². The average molecular weight is 160 g/mol. The molecule has 2 heteroatoms. The minimum Gasteiger partial charge on any atom is -0.312 e. The largest absolute Gasteiger partial charge is 0.312 e. The smallest absolute Gasteiger partial charge is 0.0443 e. The molecule has 2 nitrogen and oxygen atoms in total. The van der Waals surface area contributed by atoms with Gasteiger partial charge in [0.2, 0.25) is 0 Å². The van der Waals surface area contributed by atoms with E-state index in [-0.39, 0.29) is 6.04 Å². The van der Waals surface area contributed by atoms with Crippen LogP contribution < -0.4 is 5.32 Å². The fourth-order valence-corrected chi connectivity index (χ4v) is 1.09. The lowest BCUT2D eigenvalue weighted by Gasteiger charge is -2.12. The second-order valence-electron chi connectivity index (χ2n) is 2.54. The van der Waals surface area contributed by atoms with Crippen molar-refractivity contribution in [2.24, 2.45) is 0 Å². The summed E-state index contributed by atoms with van der Waals surface area (Å²) in [6.07, 6.45) is 9.52. The van der Waals surface area contributed by atoms with Crippen LogP contribution in [-0.4, -0.2) is 12.0 Å². The molecule has 1 aromatic rings. The topological polar surface area (TPSA) is 24.9 Å². The van der Waals surface area contributed by atoms with Crippen molar-refractivity contribution >= 4 is 0 Å². The van der Waals surface area contributed by atoms with Gasteiger partial charge in [0.1, 0.15) is 0 Å². The Morgan fingerprint density at radius 1 is 1.75 bits per heavy atom. The van der Waals surface area contributed by atoms with Crippen LogP contribution in [-0.2, 0) is 0 Å². The molecule has 0 aromatic carbocycles. The molecule has 0 amide bonds. The van der Waals surface area contributed by atoms with E-state index < -0.39 is 0 Å². The van der Waals surface area contributed by atoms with E-state index >= 15 is 0 Å². The van der Waals surface area contributed by atoms with E-state index in [1.54, 1.807) is 6.20 Å². The van der Waals surface area contributed by atoms with E-state index in [9.17, 15) is 0 Å². The van der Waals surface area contributed by atoms with Crippen LogP contribution >= 0.6 is 0 Å². The Morgan fingerprint density at radius 2 is 2.58 bits per heavy atom. The fraction of sp³-hybridized carbons (Fsp3) is 0.300. The van der Waals surface area contributed by atoms with Crippen molar-refractivity contribution in [2.75, 3.05) is 7.05 Å². The van der Waals surface area contributed by atoms with Crippen LogP contribution in [0.1, 0.15) is 18.0 Å². The molecule has 1 heterocycles. The Balaban J connectivity index is 2.75. The minimum absolute atomic E-state index is 0.226. The van der Waals surface area contributed by atoms with Gasteiger partial charge in [0.05, 0.1) is 0 Å². The number of nitrogens with zero attached hydrogens (tertiary/aromatic N) is 1. The standard InChI is InChI=1S/C10H12N2/c1-3-5-10(11-2)9-6-4-7-12-8-9/h1,4,6-8,10-11H,5H2,2H3. The van der Waals surface area contributed by atoms with Crippen LogP contribution in [0.15, 0.2) is 24.5 Å². The summed E-state index contributed by atoms with van der Waals surface area (Å²) >= 11 is 0. The summed E-state index contributed by atoms with van der Waals surface area (Å²) in [5.41, 5.74) is 1.14. The van der Waals surface area contributed by atoms with Crippen LogP contribution in [0.25, 0.3) is 0 Å². The first-order valence-electron chi connectivity index (χ1n) is 3.89. The fourth-order valence-electron chi connectivity index (χ4n) is 1.09. The van der Waals surface area contributed by atoms with Crippen molar-refractivity contribution in [1.82, 2.24) is 10.3 Å². The second-order valence-corrected chi connectivity index (χ2v) is 2.54. The van der Waals surface area contributed by atoms with Gasteiger partial charge < -0.3 is 5.32 Å². The lowest BCUT2D eigenvalue weighted by Crippen LogP contribution is -2.15. The van der Waals surface area contributed by atoms with Crippen molar-refractivity contribution in [3.63, 3.8) is 0 Å². The first-order chi connectivity index (χ1) is 5.88. The molecule has 0 fully saturated rings. The third-order valence-corrected chi connectivity index (χ3v) is 1.76. The van der Waals surface area contributed by atoms with Crippen molar-refractivity contribution in [1.29, 1.82) is 0 Å². The Bertz CT molecular complexity index is 261. The molecule has 1 N–H and O–H groups in total. The number of rotatable bonds is 3. The van der Waals surface area contributed by atoms with Crippen molar-refractivity contribution in [3.8, 4) is 12.3 Å². The molecule has 0 bridgehead atoms. The number of terminal acetylenes is 1. The van der Waals surface area contributed by atoms with Crippen molar-refractivity contribution < 1.29 is 0 Å². The van der Waals surface area contributed by atoms with Crippen LogP contribution in [0.4, 0.5) is 0 Å². The van der Waals surface area contributed by atoms with Gasteiger partial charge in [0.25, 0.3) is 0 Å². The summed E-state index contributed by atoms with van der Waals surface area (Å²) in [5, 5.41) is 3.14. The first kappa shape index (κ1) is 8.76. The lowest BCUT2D eigenvalue weighted by molar-refractivity contribution is 0.609. The molecule has 0 aliphatic carbocycles. The lowest BCUT2D eigenvalue weighted by atomic mass is 10.1. The molecular weight excluding hydrogens is 148 g/mol. The summed E-state index contributed by atoms with van der Waals surface area (Å²) < 4.78 is 0. The van der Waals surface area contributed by atoms with Gasteiger partial charge in [-0.25, -0.2) is 0 Å². The molecule has 0 saturated carbocycles. The maximum absolute atomic E-state index is 5.23. The highest BCUT2D eigenvalue weighted by molar-refractivity contribution is 5.15. The maximum atomic E-state index is 5.23. The molecule has 1 aromatic heterocycles. The van der Waals surface area contributed by atoms with E-state index in [2.05, 4.69) is 16.2 Å². The van der Waals surface area contributed by atoms with Gasteiger partial charge >= 0.3 is 0 Å². The molecular formula is C10H12N2. The maximum Gasteiger partial charge on any atom is 0.0443 e. The van der Waals surface area contributed by atoms with Crippen LogP contribution in [0, 0.1) is 12.3 Å². The Labute approximate surface area is 73.0 Å². The Hall–Kier alpha value is -1.33. The predicted octanol–water partition coefficient (Wildman–Crippen LogP) is 1.37. The molecule has 1 atom stereocenters. The molecule has 1 rings (SSSR count). The zero-order valence-corrected chi connectivity index (χ0v) is 7.12. The van der Waals surface area contributed by atoms with Gasteiger partial charge in [-0.05, 0) is 18.7 Å². The minimum atomic E-state index is 0.226. The molecule has 0 aliphatic heterocycles. The van der Waals surface area contributed by atoms with E-state index in [1.165, 1.54) is 0 Å². The van der Waals surface area contributed by atoms with E-state index in [0.29, 0.717) is 6.42 Å². The normalized spacial score (nSPS) is 12.0. The highest BCUT2D eigenvalue weighted by Gasteiger charge is 2.05. The number of aromatic nitrogens is 1. The van der Waals surface area contributed by atoms with Gasteiger partial charge in [-0.15, -0.1) is 12.3 Å². The highest BCUT2D eigenvalue weighted by Crippen LogP contribution is 2.13. The number of pyridine rings is 1. The summed E-state index contributed by atoms with van der Waals surface area (Å²) in [4.78, 5) is 4.03. The summed E-state index contributed by atoms with van der Waals surface area (Å²) in [6, 6.07) is 4.16. The summed E-state index contributed by atoms with van der Waals surface area (Å²) in [6.45, 7) is 0. The van der Waals surface area contributed by atoms with Crippen molar-refractivity contribution in [3.05, 3.63) is 30.1 Å². The molecule has 1 unspecified atom stereocenters. The molecule has 0 saturated heterocycles. The van der Waals surface area contributed by atoms with Gasteiger partial charge in [0.15, 0.2) is 0 Å². The quantitative estimate of drug-likeness (QED) is 0.675.